The molecule has 2 aromatic rings. The van der Waals surface area contributed by atoms with Crippen molar-refractivity contribution < 1.29 is 41.8 Å². The average molecular weight is 527 g/mol. The molecule has 0 spiro atoms. The maximum absolute atomic E-state index is 13.6. The van der Waals surface area contributed by atoms with E-state index in [1.165, 1.54) is 48.0 Å². The number of thioether (sulfide) groups is 1. The lowest BCUT2D eigenvalue weighted by molar-refractivity contribution is -0.274. The second-order valence-electron chi connectivity index (χ2n) is 8.80. The molecule has 0 fully saturated rings. The van der Waals surface area contributed by atoms with Crippen LogP contribution in [0.15, 0.2) is 47.4 Å². The van der Waals surface area contributed by atoms with Gasteiger partial charge in [0.05, 0.1) is 24.9 Å². The van der Waals surface area contributed by atoms with Crippen molar-refractivity contribution in [3.05, 3.63) is 53.6 Å². The number of fused-ring (bicyclic) bond motifs is 1. The first-order valence-electron chi connectivity index (χ1n) is 10.8. The minimum absolute atomic E-state index is 0.154. The highest BCUT2D eigenvalue weighted by Gasteiger charge is 2.34. The van der Waals surface area contributed by atoms with Gasteiger partial charge in [0.2, 0.25) is 0 Å². The third kappa shape index (κ3) is 7.30. The number of hydrogen-bond acceptors (Lipinski definition) is 7. The Morgan fingerprint density at radius 3 is 2.50 bits per heavy atom. The summed E-state index contributed by atoms with van der Waals surface area (Å²) in [6.07, 6.45) is -5.67. The Bertz CT molecular complexity index is 1150. The lowest BCUT2D eigenvalue weighted by Crippen LogP contribution is -2.50. The smallest absolute Gasteiger partial charge is 0.465 e. The number of amides is 2. The summed E-state index contributed by atoms with van der Waals surface area (Å²) in [4.78, 5) is 40.0. The zero-order chi connectivity index (χ0) is 26.7. The largest absolute Gasteiger partial charge is 0.573 e. The topological polar surface area (TPSA) is 94.2 Å². The van der Waals surface area contributed by atoms with Crippen LogP contribution >= 0.6 is 11.8 Å². The number of anilines is 1. The zero-order valence-electron chi connectivity index (χ0n) is 20.0. The predicted octanol–water partition coefficient (Wildman–Crippen LogP) is 4.90. The molecule has 2 amide bonds. The SMILES string of the molecule is COC(=O)c1ccc2c(c1)N(Cc1cccc(OC(F)(F)F)c1)C(=O)[C@@H](NC(=O)OC(C)(C)C)CS2. The Labute approximate surface area is 210 Å². The molecule has 1 aliphatic rings. The Kier molecular flexibility index (Phi) is 8.07. The minimum Gasteiger partial charge on any atom is -0.465 e. The molecule has 0 saturated heterocycles. The van der Waals surface area contributed by atoms with Gasteiger partial charge in [-0.05, 0) is 56.7 Å². The van der Waals surface area contributed by atoms with Gasteiger partial charge >= 0.3 is 18.4 Å². The van der Waals surface area contributed by atoms with Gasteiger partial charge in [0.25, 0.3) is 5.91 Å². The molecule has 0 saturated carbocycles. The van der Waals surface area contributed by atoms with Gasteiger partial charge in [0.1, 0.15) is 17.4 Å². The number of ether oxygens (including phenoxy) is 3. The first-order valence-corrected chi connectivity index (χ1v) is 11.7. The number of esters is 1. The normalized spacial score (nSPS) is 16.0. The van der Waals surface area contributed by atoms with Crippen LogP contribution in [0.1, 0.15) is 36.7 Å². The molecule has 1 N–H and O–H groups in total. The van der Waals surface area contributed by atoms with E-state index in [0.29, 0.717) is 16.1 Å². The van der Waals surface area contributed by atoms with Crippen LogP contribution in [0, 0.1) is 0 Å². The average Bonchev–Trinajstić information content (AvgIpc) is 2.88. The fourth-order valence-electron chi connectivity index (χ4n) is 3.39. The quantitative estimate of drug-likeness (QED) is 0.554. The van der Waals surface area contributed by atoms with E-state index in [4.69, 9.17) is 9.47 Å². The van der Waals surface area contributed by atoms with E-state index in [9.17, 15) is 27.6 Å². The van der Waals surface area contributed by atoms with E-state index in [-0.39, 0.29) is 17.9 Å². The zero-order valence-corrected chi connectivity index (χ0v) is 20.8. The van der Waals surface area contributed by atoms with Crippen LogP contribution in [0.2, 0.25) is 0 Å². The van der Waals surface area contributed by atoms with Crippen LogP contribution in [0.25, 0.3) is 0 Å². The fourth-order valence-corrected chi connectivity index (χ4v) is 4.44. The molecule has 1 aliphatic heterocycles. The predicted molar refractivity (Wildman–Crippen MR) is 126 cm³/mol. The first-order chi connectivity index (χ1) is 16.8. The molecule has 1 atom stereocenters. The second-order valence-corrected chi connectivity index (χ2v) is 9.87. The molecule has 12 heteroatoms. The molecule has 0 aromatic heterocycles. The van der Waals surface area contributed by atoms with Crippen molar-refractivity contribution in [2.45, 2.75) is 50.2 Å². The number of carbonyl (C=O) groups excluding carboxylic acids is 3. The summed E-state index contributed by atoms with van der Waals surface area (Å²) in [6.45, 7) is 4.90. The molecular weight excluding hydrogens is 501 g/mol. The van der Waals surface area contributed by atoms with Gasteiger partial charge in [-0.25, -0.2) is 9.59 Å². The number of nitrogens with one attached hydrogen (secondary N) is 1. The van der Waals surface area contributed by atoms with Crippen LogP contribution in [-0.2, 0) is 20.8 Å². The molecular formula is C24H25F3N2O6S. The van der Waals surface area contributed by atoms with Gasteiger partial charge in [-0.1, -0.05) is 12.1 Å². The number of halogens is 3. The number of alkyl carbamates (subject to hydrolysis) is 1. The van der Waals surface area contributed by atoms with Gasteiger partial charge in [-0.2, -0.15) is 0 Å². The fraction of sp³-hybridized carbons (Fsp3) is 0.375. The van der Waals surface area contributed by atoms with E-state index >= 15 is 0 Å². The standard InChI is InChI=1S/C24H25F3N2O6S/c1-23(2,3)35-22(32)28-17-13-36-19-9-8-15(21(31)33-4)11-18(19)29(20(17)30)12-14-6-5-7-16(10-14)34-24(25,26)27/h5-11,17H,12-13H2,1-4H3,(H,28,32)/t17-/m0/s1. The highest BCUT2D eigenvalue weighted by atomic mass is 32.2. The monoisotopic (exact) mass is 526 g/mol. The number of rotatable bonds is 5. The van der Waals surface area contributed by atoms with Crippen molar-refractivity contribution in [1.82, 2.24) is 5.32 Å². The van der Waals surface area contributed by atoms with E-state index < -0.39 is 41.7 Å². The van der Waals surface area contributed by atoms with E-state index in [1.54, 1.807) is 32.9 Å². The van der Waals surface area contributed by atoms with E-state index in [1.807, 2.05) is 0 Å². The third-order valence-electron chi connectivity index (χ3n) is 4.80. The van der Waals surface area contributed by atoms with Gasteiger partial charge < -0.3 is 24.4 Å². The molecule has 2 aromatic carbocycles. The highest BCUT2D eigenvalue weighted by molar-refractivity contribution is 7.99. The summed E-state index contributed by atoms with van der Waals surface area (Å²) in [6, 6.07) is 8.87. The Morgan fingerprint density at radius 2 is 1.86 bits per heavy atom. The summed E-state index contributed by atoms with van der Waals surface area (Å²) in [5.41, 5.74) is 0.0791. The van der Waals surface area contributed by atoms with Crippen molar-refractivity contribution in [1.29, 1.82) is 0 Å². The van der Waals surface area contributed by atoms with Crippen molar-refractivity contribution in [2.24, 2.45) is 0 Å². The van der Waals surface area contributed by atoms with Crippen molar-refractivity contribution >= 4 is 35.4 Å². The van der Waals surface area contributed by atoms with E-state index in [0.717, 1.165) is 6.07 Å². The molecule has 0 radical (unpaired) electrons. The molecule has 0 aliphatic carbocycles. The summed E-state index contributed by atoms with van der Waals surface area (Å²) < 4.78 is 52.2. The molecule has 194 valence electrons. The number of methoxy groups -OCH3 is 1. The minimum atomic E-state index is -4.88. The second kappa shape index (κ2) is 10.7. The maximum atomic E-state index is 13.6. The van der Waals surface area contributed by atoms with Crippen LogP contribution < -0.4 is 15.0 Å². The van der Waals surface area contributed by atoms with Crippen LogP contribution in [-0.4, -0.2) is 48.8 Å². The van der Waals surface area contributed by atoms with Crippen LogP contribution in [0.3, 0.4) is 0 Å². The molecule has 0 bridgehead atoms. The lowest BCUT2D eigenvalue weighted by Gasteiger charge is -2.27. The summed E-state index contributed by atoms with van der Waals surface area (Å²) >= 11 is 1.28. The Balaban J connectivity index is 1.98. The number of nitrogens with zero attached hydrogens (tertiary/aromatic N) is 1. The summed E-state index contributed by atoms with van der Waals surface area (Å²) in [5.74, 6) is -1.43. The van der Waals surface area contributed by atoms with Crippen LogP contribution in [0.5, 0.6) is 5.75 Å². The van der Waals surface area contributed by atoms with Crippen molar-refractivity contribution in [3.63, 3.8) is 0 Å². The molecule has 8 nitrogen and oxygen atoms in total. The molecule has 3 rings (SSSR count). The van der Waals surface area contributed by atoms with Gasteiger partial charge in [-0.15, -0.1) is 24.9 Å². The third-order valence-corrected chi connectivity index (χ3v) is 5.96. The van der Waals surface area contributed by atoms with E-state index in [2.05, 4.69) is 10.1 Å². The number of benzene rings is 2. The van der Waals surface area contributed by atoms with Crippen LogP contribution in [0.4, 0.5) is 23.7 Å². The van der Waals surface area contributed by atoms with Gasteiger partial charge in [-0.3, -0.25) is 4.79 Å². The summed E-state index contributed by atoms with van der Waals surface area (Å²) in [7, 11) is 1.22. The highest BCUT2D eigenvalue weighted by Crippen LogP contribution is 2.37. The molecule has 36 heavy (non-hydrogen) atoms. The van der Waals surface area contributed by atoms with Gasteiger partial charge in [0, 0.05) is 10.6 Å². The number of hydrogen-bond donors (Lipinski definition) is 1. The first kappa shape index (κ1) is 27.2. The lowest BCUT2D eigenvalue weighted by atomic mass is 10.1. The van der Waals surface area contributed by atoms with Crippen molar-refractivity contribution in [2.75, 3.05) is 17.8 Å². The molecule has 0 unspecified atom stereocenters. The summed E-state index contributed by atoms with van der Waals surface area (Å²) in [5, 5.41) is 2.57. The van der Waals surface area contributed by atoms with Gasteiger partial charge in [0.15, 0.2) is 0 Å². The number of carbonyl (C=O) groups is 3. The number of alkyl halides is 3. The Morgan fingerprint density at radius 1 is 1.14 bits per heavy atom. The Hall–Kier alpha value is -3.41. The molecule has 1 heterocycles. The van der Waals surface area contributed by atoms with Crippen molar-refractivity contribution in [3.8, 4) is 5.75 Å². The maximum Gasteiger partial charge on any atom is 0.573 e.